The van der Waals surface area contributed by atoms with Gasteiger partial charge in [0.1, 0.15) is 11.5 Å². The fourth-order valence-electron chi connectivity index (χ4n) is 1.98. The van der Waals surface area contributed by atoms with Gasteiger partial charge in [-0.3, -0.25) is 4.90 Å². The number of methoxy groups -OCH3 is 1. The van der Waals surface area contributed by atoms with Crippen molar-refractivity contribution in [3.05, 3.63) is 53.5 Å². The van der Waals surface area contributed by atoms with Crippen molar-refractivity contribution in [3.63, 3.8) is 0 Å². The Kier molecular flexibility index (Phi) is 4.60. The van der Waals surface area contributed by atoms with Crippen LogP contribution in [0.1, 0.15) is 16.9 Å². The van der Waals surface area contributed by atoms with Crippen LogP contribution in [-0.2, 0) is 19.6 Å². The van der Waals surface area contributed by atoms with E-state index in [4.69, 9.17) is 14.9 Å². The molecule has 0 spiro atoms. The number of hydrogen-bond donors (Lipinski definition) is 1. The van der Waals surface area contributed by atoms with E-state index in [0.29, 0.717) is 6.54 Å². The van der Waals surface area contributed by atoms with Crippen LogP contribution < -0.4 is 10.5 Å². The molecule has 2 rings (SSSR count). The second-order valence-corrected chi connectivity index (χ2v) is 4.65. The van der Waals surface area contributed by atoms with E-state index in [1.165, 1.54) is 5.56 Å². The van der Waals surface area contributed by atoms with Crippen molar-refractivity contribution in [3.8, 4) is 5.75 Å². The van der Waals surface area contributed by atoms with Crippen LogP contribution in [0.2, 0.25) is 0 Å². The van der Waals surface area contributed by atoms with E-state index < -0.39 is 0 Å². The summed E-state index contributed by atoms with van der Waals surface area (Å²) < 4.78 is 10.6. The maximum atomic E-state index is 5.56. The minimum Gasteiger partial charge on any atom is -0.497 e. The third-order valence-corrected chi connectivity index (χ3v) is 2.98. The summed E-state index contributed by atoms with van der Waals surface area (Å²) >= 11 is 0. The Morgan fingerprint density at radius 2 is 1.89 bits per heavy atom. The molecule has 0 fully saturated rings. The molecule has 1 heterocycles. The van der Waals surface area contributed by atoms with Gasteiger partial charge in [0.25, 0.3) is 0 Å². The van der Waals surface area contributed by atoms with Gasteiger partial charge in [0, 0.05) is 18.7 Å². The molecule has 0 aliphatic heterocycles. The van der Waals surface area contributed by atoms with Gasteiger partial charge in [-0.2, -0.15) is 0 Å². The van der Waals surface area contributed by atoms with E-state index in [1.807, 2.05) is 18.2 Å². The molecule has 4 heteroatoms. The zero-order valence-electron chi connectivity index (χ0n) is 11.4. The first-order valence-corrected chi connectivity index (χ1v) is 6.29. The average Bonchev–Trinajstić information content (AvgIpc) is 2.87. The largest absolute Gasteiger partial charge is 0.497 e. The van der Waals surface area contributed by atoms with Gasteiger partial charge in [0.2, 0.25) is 0 Å². The van der Waals surface area contributed by atoms with E-state index in [1.54, 1.807) is 13.4 Å². The van der Waals surface area contributed by atoms with Gasteiger partial charge in [-0.1, -0.05) is 12.1 Å². The Balaban J connectivity index is 1.90. The Morgan fingerprint density at radius 1 is 1.16 bits per heavy atom. The highest BCUT2D eigenvalue weighted by Gasteiger charge is 2.06. The fraction of sp³-hybridized carbons (Fsp3) is 0.333. The predicted molar refractivity (Wildman–Crippen MR) is 74.8 cm³/mol. The maximum absolute atomic E-state index is 5.56. The lowest BCUT2D eigenvalue weighted by Gasteiger charge is -2.15. The van der Waals surface area contributed by atoms with E-state index in [0.717, 1.165) is 30.2 Å². The lowest BCUT2D eigenvalue weighted by molar-refractivity contribution is 0.287. The van der Waals surface area contributed by atoms with E-state index in [2.05, 4.69) is 24.1 Å². The molecule has 4 nitrogen and oxygen atoms in total. The highest BCUT2D eigenvalue weighted by atomic mass is 16.5. The summed E-state index contributed by atoms with van der Waals surface area (Å²) in [7, 11) is 3.74. The zero-order chi connectivity index (χ0) is 13.7. The Hall–Kier alpha value is -1.78. The number of benzene rings is 1. The molecule has 0 radical (unpaired) electrons. The minimum absolute atomic E-state index is 0.520. The molecule has 2 aromatic rings. The number of nitrogens with two attached hydrogens (primary N) is 1. The van der Waals surface area contributed by atoms with Gasteiger partial charge < -0.3 is 14.9 Å². The molecule has 0 bridgehead atoms. The van der Waals surface area contributed by atoms with Crippen molar-refractivity contribution in [1.82, 2.24) is 4.90 Å². The molecule has 0 aliphatic rings. The highest BCUT2D eigenvalue weighted by molar-refractivity contribution is 5.27. The minimum atomic E-state index is 0.520. The molecule has 0 saturated carbocycles. The molecule has 0 unspecified atom stereocenters. The molecular formula is C15H20N2O2. The summed E-state index contributed by atoms with van der Waals surface area (Å²) in [6, 6.07) is 10.1. The standard InChI is InChI=1S/C15H20N2O2/c1-17(10-15-7-13(8-16)11-19-15)9-12-3-5-14(18-2)6-4-12/h3-7,11H,8-10,16H2,1-2H3. The summed E-state index contributed by atoms with van der Waals surface area (Å²) in [5, 5.41) is 0. The molecule has 0 aliphatic carbocycles. The van der Waals surface area contributed by atoms with E-state index >= 15 is 0 Å². The first-order valence-electron chi connectivity index (χ1n) is 6.29. The SMILES string of the molecule is COc1ccc(CN(C)Cc2cc(CN)co2)cc1. The zero-order valence-corrected chi connectivity index (χ0v) is 11.4. The van der Waals surface area contributed by atoms with Crippen molar-refractivity contribution >= 4 is 0 Å². The molecule has 0 saturated heterocycles. The van der Waals surface area contributed by atoms with Crippen molar-refractivity contribution in [2.45, 2.75) is 19.6 Å². The molecule has 1 aromatic carbocycles. The lowest BCUT2D eigenvalue weighted by atomic mass is 10.2. The molecule has 0 amide bonds. The number of furan rings is 1. The summed E-state index contributed by atoms with van der Waals surface area (Å²) in [5.41, 5.74) is 7.84. The fourth-order valence-corrected chi connectivity index (χ4v) is 1.98. The van der Waals surface area contributed by atoms with Crippen LogP contribution >= 0.6 is 0 Å². The number of nitrogens with zero attached hydrogens (tertiary/aromatic N) is 1. The van der Waals surface area contributed by atoms with Gasteiger partial charge in [0.05, 0.1) is 19.9 Å². The van der Waals surface area contributed by atoms with E-state index in [9.17, 15) is 0 Å². The van der Waals surface area contributed by atoms with Crippen molar-refractivity contribution in [1.29, 1.82) is 0 Å². The highest BCUT2D eigenvalue weighted by Crippen LogP contribution is 2.14. The Bertz CT molecular complexity index is 505. The monoisotopic (exact) mass is 260 g/mol. The first kappa shape index (κ1) is 13.6. The summed E-state index contributed by atoms with van der Waals surface area (Å²) in [6.07, 6.45) is 1.72. The number of hydrogen-bond acceptors (Lipinski definition) is 4. The maximum Gasteiger partial charge on any atom is 0.118 e. The van der Waals surface area contributed by atoms with Crippen LogP contribution in [0.5, 0.6) is 5.75 Å². The van der Waals surface area contributed by atoms with Gasteiger partial charge in [-0.25, -0.2) is 0 Å². The molecule has 19 heavy (non-hydrogen) atoms. The van der Waals surface area contributed by atoms with Crippen LogP contribution in [-0.4, -0.2) is 19.1 Å². The van der Waals surface area contributed by atoms with Gasteiger partial charge >= 0.3 is 0 Å². The number of rotatable bonds is 6. The van der Waals surface area contributed by atoms with Crippen molar-refractivity contribution in [2.24, 2.45) is 5.73 Å². The van der Waals surface area contributed by atoms with Crippen LogP contribution in [0.4, 0.5) is 0 Å². The second-order valence-electron chi connectivity index (χ2n) is 4.65. The summed E-state index contributed by atoms with van der Waals surface area (Å²) in [4.78, 5) is 2.20. The summed E-state index contributed by atoms with van der Waals surface area (Å²) in [5.74, 6) is 1.82. The van der Waals surface area contributed by atoms with Crippen LogP contribution in [0.15, 0.2) is 41.0 Å². The quantitative estimate of drug-likeness (QED) is 0.866. The smallest absolute Gasteiger partial charge is 0.118 e. The first-order chi connectivity index (χ1) is 9.21. The van der Waals surface area contributed by atoms with Gasteiger partial charge in [-0.05, 0) is 30.8 Å². The number of ether oxygens (including phenoxy) is 1. The molecule has 102 valence electrons. The van der Waals surface area contributed by atoms with Crippen LogP contribution in [0.3, 0.4) is 0 Å². The van der Waals surface area contributed by atoms with E-state index in [-0.39, 0.29) is 0 Å². The van der Waals surface area contributed by atoms with Crippen LogP contribution in [0.25, 0.3) is 0 Å². The van der Waals surface area contributed by atoms with Gasteiger partial charge in [-0.15, -0.1) is 0 Å². The summed E-state index contributed by atoms with van der Waals surface area (Å²) in [6.45, 7) is 2.15. The molecule has 0 atom stereocenters. The second kappa shape index (κ2) is 6.41. The molecular weight excluding hydrogens is 240 g/mol. The third kappa shape index (κ3) is 3.84. The van der Waals surface area contributed by atoms with Crippen LogP contribution in [0, 0.1) is 0 Å². The normalized spacial score (nSPS) is 10.9. The predicted octanol–water partition coefficient (Wildman–Crippen LogP) is 2.38. The Labute approximate surface area is 113 Å². The lowest BCUT2D eigenvalue weighted by Crippen LogP contribution is -2.16. The Morgan fingerprint density at radius 3 is 2.47 bits per heavy atom. The van der Waals surface area contributed by atoms with Gasteiger partial charge in [0.15, 0.2) is 0 Å². The third-order valence-electron chi connectivity index (χ3n) is 2.98. The van der Waals surface area contributed by atoms with Crippen molar-refractivity contribution < 1.29 is 9.15 Å². The molecule has 1 aromatic heterocycles. The topological polar surface area (TPSA) is 51.6 Å². The van der Waals surface area contributed by atoms with Crippen molar-refractivity contribution in [2.75, 3.05) is 14.2 Å². The average molecular weight is 260 g/mol. The molecule has 2 N–H and O–H groups in total.